The summed E-state index contributed by atoms with van der Waals surface area (Å²) in [4.78, 5) is 24.7. The van der Waals surface area contributed by atoms with Gasteiger partial charge in [0.25, 0.3) is 5.56 Å². The van der Waals surface area contributed by atoms with E-state index in [0.717, 1.165) is 0 Å². The van der Waals surface area contributed by atoms with E-state index < -0.39 is 5.69 Å². The molecule has 12 heavy (non-hydrogen) atoms. The first-order valence-corrected chi connectivity index (χ1v) is 3.78. The molecule has 2 heterocycles. The summed E-state index contributed by atoms with van der Waals surface area (Å²) in [5.74, 6) is 0. The number of hydrogen-bond acceptors (Lipinski definition) is 3. The van der Waals surface area contributed by atoms with Gasteiger partial charge in [-0.25, -0.2) is 4.79 Å². The van der Waals surface area contributed by atoms with Gasteiger partial charge in [-0.3, -0.25) is 9.78 Å². The van der Waals surface area contributed by atoms with Crippen molar-refractivity contribution in [2.45, 2.75) is 6.42 Å². The minimum Gasteiger partial charge on any atom is -0.317 e. The number of H-pyrrole nitrogens is 2. The second-order valence-electron chi connectivity index (χ2n) is 2.40. The van der Waals surface area contributed by atoms with E-state index in [2.05, 4.69) is 10.3 Å². The van der Waals surface area contributed by atoms with Gasteiger partial charge < -0.3 is 10.3 Å². The molecule has 0 atom stereocenters. The first-order valence-electron chi connectivity index (χ1n) is 3.78. The number of hydrogen-bond donors (Lipinski definition) is 3. The Bertz CT molecular complexity index is 294. The fourth-order valence-corrected chi connectivity index (χ4v) is 0.559. The van der Waals surface area contributed by atoms with Crippen molar-refractivity contribution in [1.82, 2.24) is 15.3 Å². The lowest BCUT2D eigenvalue weighted by Crippen LogP contribution is -2.29. The zero-order valence-corrected chi connectivity index (χ0v) is 6.59. The molecule has 1 aliphatic rings. The Hall–Kier alpha value is -1.36. The minimum absolute atomic E-state index is 0.381. The summed E-state index contributed by atoms with van der Waals surface area (Å²) in [6, 6.07) is 1.24. The molecule has 0 saturated carbocycles. The van der Waals surface area contributed by atoms with Gasteiger partial charge in [0.15, 0.2) is 0 Å². The second kappa shape index (κ2) is 4.50. The molecular formula is C7H11N3O2. The smallest absolute Gasteiger partial charge is 0.317 e. The number of nitrogens with one attached hydrogen (secondary N) is 3. The number of aromatic nitrogens is 2. The van der Waals surface area contributed by atoms with Crippen LogP contribution in [0.2, 0.25) is 0 Å². The molecule has 0 unspecified atom stereocenters. The molecule has 1 aromatic heterocycles. The lowest BCUT2D eigenvalue weighted by atomic mass is 10.3. The third kappa shape index (κ3) is 3.16. The van der Waals surface area contributed by atoms with E-state index in [1.165, 1.54) is 31.8 Å². The van der Waals surface area contributed by atoms with Crippen LogP contribution in [-0.4, -0.2) is 23.1 Å². The van der Waals surface area contributed by atoms with Crippen molar-refractivity contribution in [2.75, 3.05) is 13.1 Å². The summed E-state index contributed by atoms with van der Waals surface area (Å²) in [6.45, 7) is 2.50. The van der Waals surface area contributed by atoms with Crippen molar-refractivity contribution < 1.29 is 0 Å². The summed E-state index contributed by atoms with van der Waals surface area (Å²) in [6.07, 6.45) is 2.68. The average Bonchev–Trinajstić information content (AvgIpc) is 1.81. The maximum absolute atomic E-state index is 10.2. The van der Waals surface area contributed by atoms with Gasteiger partial charge in [0.05, 0.1) is 0 Å². The topological polar surface area (TPSA) is 77.8 Å². The van der Waals surface area contributed by atoms with Crippen LogP contribution >= 0.6 is 0 Å². The van der Waals surface area contributed by atoms with Crippen LogP contribution in [0.1, 0.15) is 6.42 Å². The molecule has 5 nitrogen and oxygen atoms in total. The quantitative estimate of drug-likeness (QED) is 0.468. The molecule has 0 radical (unpaired) electrons. The first kappa shape index (κ1) is 8.73. The lowest BCUT2D eigenvalue weighted by molar-refractivity contribution is 0.527. The van der Waals surface area contributed by atoms with E-state index in [9.17, 15) is 9.59 Å². The van der Waals surface area contributed by atoms with Gasteiger partial charge in [0.2, 0.25) is 0 Å². The minimum atomic E-state index is -0.475. The van der Waals surface area contributed by atoms with Crippen LogP contribution in [0.4, 0.5) is 0 Å². The van der Waals surface area contributed by atoms with Crippen molar-refractivity contribution in [3.8, 4) is 0 Å². The van der Waals surface area contributed by atoms with Gasteiger partial charge in [-0.15, -0.1) is 0 Å². The van der Waals surface area contributed by atoms with Crippen LogP contribution < -0.4 is 16.6 Å². The second-order valence-corrected chi connectivity index (χ2v) is 2.40. The molecule has 0 bridgehead atoms. The molecule has 5 heteroatoms. The summed E-state index contributed by atoms with van der Waals surface area (Å²) in [7, 11) is 0. The van der Waals surface area contributed by atoms with E-state index in [1.54, 1.807) is 0 Å². The normalized spacial score (nSPS) is 14.0. The maximum atomic E-state index is 10.2. The molecular weight excluding hydrogens is 158 g/mol. The molecule has 0 aromatic carbocycles. The summed E-state index contributed by atoms with van der Waals surface area (Å²) >= 11 is 0. The summed E-state index contributed by atoms with van der Waals surface area (Å²) in [5.41, 5.74) is -0.855. The van der Waals surface area contributed by atoms with Crippen molar-refractivity contribution in [1.29, 1.82) is 0 Å². The molecule has 66 valence electrons. The van der Waals surface area contributed by atoms with Crippen molar-refractivity contribution in [2.24, 2.45) is 0 Å². The van der Waals surface area contributed by atoms with Crippen LogP contribution in [-0.2, 0) is 0 Å². The fourth-order valence-electron chi connectivity index (χ4n) is 0.559. The van der Waals surface area contributed by atoms with Gasteiger partial charge in [0, 0.05) is 12.3 Å². The molecule has 1 fully saturated rings. The van der Waals surface area contributed by atoms with Gasteiger partial charge in [-0.1, -0.05) is 0 Å². The highest BCUT2D eigenvalue weighted by atomic mass is 16.2. The molecule has 0 aliphatic carbocycles. The number of rotatable bonds is 0. The van der Waals surface area contributed by atoms with Crippen molar-refractivity contribution >= 4 is 0 Å². The Morgan fingerprint density at radius 3 is 2.08 bits per heavy atom. The van der Waals surface area contributed by atoms with Gasteiger partial charge >= 0.3 is 5.69 Å². The third-order valence-electron chi connectivity index (χ3n) is 1.39. The van der Waals surface area contributed by atoms with E-state index in [1.807, 2.05) is 4.98 Å². The third-order valence-corrected chi connectivity index (χ3v) is 1.39. The Balaban J connectivity index is 0.000000150. The summed E-state index contributed by atoms with van der Waals surface area (Å²) < 4.78 is 0. The maximum Gasteiger partial charge on any atom is 0.325 e. The Morgan fingerprint density at radius 2 is 1.83 bits per heavy atom. The highest BCUT2D eigenvalue weighted by Gasteiger charge is 1.92. The SMILES string of the molecule is C1CNC1.O=c1cc[nH]c(=O)[nH]1. The molecule has 1 aliphatic heterocycles. The molecule has 1 saturated heterocycles. The standard InChI is InChI=1S/C4H4N2O2.C3H7N/c7-3-1-2-5-4(8)6-3;1-2-4-3-1/h1-2H,(H2,5,6,7,8);4H,1-3H2. The van der Waals surface area contributed by atoms with Crippen molar-refractivity contribution in [3.63, 3.8) is 0 Å². The predicted octanol–water partition coefficient (Wildman–Crippen LogP) is -0.957. The van der Waals surface area contributed by atoms with Crippen LogP contribution in [0.3, 0.4) is 0 Å². The van der Waals surface area contributed by atoms with E-state index >= 15 is 0 Å². The Labute approximate surface area is 68.8 Å². The largest absolute Gasteiger partial charge is 0.325 e. The van der Waals surface area contributed by atoms with Crippen molar-refractivity contribution in [3.05, 3.63) is 33.1 Å². The molecule has 2 rings (SSSR count). The fraction of sp³-hybridized carbons (Fsp3) is 0.429. The van der Waals surface area contributed by atoms with E-state index in [0.29, 0.717) is 0 Å². The van der Waals surface area contributed by atoms with Crippen LogP contribution in [0.15, 0.2) is 21.9 Å². The first-order chi connectivity index (χ1) is 5.79. The monoisotopic (exact) mass is 169 g/mol. The molecule has 0 spiro atoms. The zero-order chi connectivity index (χ0) is 8.81. The average molecular weight is 169 g/mol. The zero-order valence-electron chi connectivity index (χ0n) is 6.59. The van der Waals surface area contributed by atoms with Crippen LogP contribution in [0.5, 0.6) is 0 Å². The molecule has 0 amide bonds. The van der Waals surface area contributed by atoms with E-state index in [-0.39, 0.29) is 5.56 Å². The van der Waals surface area contributed by atoms with E-state index in [4.69, 9.17) is 0 Å². The van der Waals surface area contributed by atoms with Gasteiger partial charge in [-0.05, 0) is 19.5 Å². The predicted molar refractivity (Wildman–Crippen MR) is 45.2 cm³/mol. The molecule has 1 aromatic rings. The lowest BCUT2D eigenvalue weighted by Gasteiger charge is -2.09. The summed E-state index contributed by atoms with van der Waals surface area (Å²) in [5, 5.41) is 3.11. The van der Waals surface area contributed by atoms with Gasteiger partial charge in [0.1, 0.15) is 0 Å². The number of aromatic amines is 2. The van der Waals surface area contributed by atoms with Gasteiger partial charge in [-0.2, -0.15) is 0 Å². The Morgan fingerprint density at radius 1 is 1.25 bits per heavy atom. The van der Waals surface area contributed by atoms with Crippen LogP contribution in [0, 0.1) is 0 Å². The molecule has 3 N–H and O–H groups in total. The highest BCUT2D eigenvalue weighted by Crippen LogP contribution is 1.80. The highest BCUT2D eigenvalue weighted by molar-refractivity contribution is 4.77. The van der Waals surface area contributed by atoms with Crippen LogP contribution in [0.25, 0.3) is 0 Å². The Kier molecular flexibility index (Phi) is 3.28.